The van der Waals surface area contributed by atoms with Crippen LogP contribution < -0.4 is 5.32 Å². The third-order valence-electron chi connectivity index (χ3n) is 5.69. The molecular formula is C20H25BN5O7P. The number of aliphatic hydroxyl groups excluding tert-OH is 1. The van der Waals surface area contributed by atoms with Crippen molar-refractivity contribution in [2.45, 2.75) is 38.0 Å². The van der Waals surface area contributed by atoms with Crippen molar-refractivity contribution in [3.8, 4) is 0 Å². The molecule has 3 aromatic rings. The molecule has 12 nitrogen and oxygen atoms in total. The number of carbonyl (C=O) groups excluding carboxylic acids is 1. The maximum atomic E-state index is 11.1. The number of aromatic nitrogens is 4. The van der Waals surface area contributed by atoms with Crippen molar-refractivity contribution in [3.05, 3.63) is 48.5 Å². The number of hydrogen-bond acceptors (Lipinski definition) is 11. The quantitative estimate of drug-likeness (QED) is 0.210. The van der Waals surface area contributed by atoms with Crippen LogP contribution in [0.15, 0.2) is 43.0 Å². The fourth-order valence-corrected chi connectivity index (χ4v) is 5.73. The molecule has 2 aliphatic rings. The van der Waals surface area contributed by atoms with Crippen LogP contribution in [0.25, 0.3) is 11.2 Å². The van der Waals surface area contributed by atoms with Gasteiger partial charge in [-0.1, -0.05) is 18.2 Å². The molecule has 0 bridgehead atoms. The van der Waals surface area contributed by atoms with Crippen LogP contribution >= 0.6 is 7.82 Å². The Morgan fingerprint density at radius 2 is 2.15 bits per heavy atom. The second-order valence-electron chi connectivity index (χ2n) is 8.10. The first-order valence-electron chi connectivity index (χ1n) is 10.8. The van der Waals surface area contributed by atoms with Crippen molar-refractivity contribution in [2.24, 2.45) is 0 Å². The molecule has 14 heteroatoms. The molecule has 34 heavy (non-hydrogen) atoms. The molecule has 2 N–H and O–H groups in total. The summed E-state index contributed by atoms with van der Waals surface area (Å²) in [6.07, 6.45) is 0.00810. The summed E-state index contributed by atoms with van der Waals surface area (Å²) in [4.78, 5) is 24.1. The number of ether oxygens (including phenoxy) is 2. The summed E-state index contributed by atoms with van der Waals surface area (Å²) < 4.78 is 29.8. The van der Waals surface area contributed by atoms with Crippen LogP contribution in [0.3, 0.4) is 0 Å². The van der Waals surface area contributed by atoms with Crippen LogP contribution in [0.1, 0.15) is 18.7 Å². The molecule has 0 radical (unpaired) electrons. The van der Waals surface area contributed by atoms with Crippen molar-refractivity contribution in [3.63, 3.8) is 0 Å². The minimum atomic E-state index is -3.13. The number of aliphatic hydroxyl groups is 1. The zero-order valence-electron chi connectivity index (χ0n) is 18.7. The van der Waals surface area contributed by atoms with Gasteiger partial charge in [0.1, 0.15) is 0 Å². The Morgan fingerprint density at radius 1 is 1.32 bits per heavy atom. The summed E-state index contributed by atoms with van der Waals surface area (Å²) >= 11 is 0. The second-order valence-corrected chi connectivity index (χ2v) is 10.6. The van der Waals surface area contributed by atoms with Crippen LogP contribution in [0, 0.1) is 0 Å². The van der Waals surface area contributed by atoms with E-state index < -0.39 is 38.3 Å². The third kappa shape index (κ3) is 4.63. The molecule has 0 saturated carbocycles. The molecule has 4 heterocycles. The van der Waals surface area contributed by atoms with Gasteiger partial charge in [-0.2, -0.15) is 0 Å². The number of rotatable bonds is 7. The van der Waals surface area contributed by atoms with Gasteiger partial charge in [-0.3, -0.25) is 0 Å². The van der Waals surface area contributed by atoms with E-state index in [2.05, 4.69) is 20.3 Å². The van der Waals surface area contributed by atoms with Gasteiger partial charge < -0.3 is 0 Å². The zero-order valence-corrected chi connectivity index (χ0v) is 19.7. The maximum absolute atomic E-state index is 11.1. The van der Waals surface area contributed by atoms with E-state index in [-0.39, 0.29) is 13.4 Å². The number of nitrogens with one attached hydrogen (secondary N) is 1. The fraction of sp³-hybridized carbons (Fsp3) is 0.400. The van der Waals surface area contributed by atoms with Crippen molar-refractivity contribution in [2.75, 3.05) is 18.7 Å². The number of nitrogens with zero attached hydrogens (tertiary/aromatic N) is 4. The molecule has 2 fully saturated rings. The number of hydrogen-bond donors (Lipinski definition) is 2. The van der Waals surface area contributed by atoms with E-state index in [1.807, 2.05) is 30.3 Å². The van der Waals surface area contributed by atoms with Crippen LogP contribution in [0.4, 0.5) is 5.82 Å². The number of benzene rings is 1. The van der Waals surface area contributed by atoms with Gasteiger partial charge in [-0.05, 0) is 0 Å². The van der Waals surface area contributed by atoms with Gasteiger partial charge in [0, 0.05) is 0 Å². The number of carbonyl (C=O) groups is 1. The SMILES string of the molecule is B[PH]1(OCOC(C)=O)OC[C@H]2O[C@@H](n3cnc4c(NCc5ccccc5)ncnc43)C(O)[C@@H]2O1. The topological polar surface area (TPSA) is 139 Å². The summed E-state index contributed by atoms with van der Waals surface area (Å²) in [5, 5.41) is 14.3. The Bertz CT molecular complexity index is 1170. The first-order valence-corrected chi connectivity index (χ1v) is 13.0. The van der Waals surface area contributed by atoms with E-state index in [0.29, 0.717) is 23.5 Å². The molecule has 0 aliphatic carbocycles. The van der Waals surface area contributed by atoms with Gasteiger partial charge >= 0.3 is 178 Å². The van der Waals surface area contributed by atoms with Crippen molar-refractivity contribution >= 4 is 38.3 Å². The van der Waals surface area contributed by atoms with Crippen LogP contribution in [0.5, 0.6) is 0 Å². The first kappa shape index (κ1) is 23.1. The van der Waals surface area contributed by atoms with Crippen LogP contribution in [0.2, 0.25) is 0 Å². The predicted octanol–water partition coefficient (Wildman–Crippen LogP) is 0.692. The molecule has 1 unspecified atom stereocenters. The summed E-state index contributed by atoms with van der Waals surface area (Å²) in [5.74, 6) is 0.109. The number of imidazole rings is 1. The Balaban J connectivity index is 1.31. The van der Waals surface area contributed by atoms with E-state index in [4.69, 9.17) is 23.0 Å². The van der Waals surface area contributed by atoms with Crippen LogP contribution in [-0.4, -0.2) is 69.9 Å². The summed E-state index contributed by atoms with van der Waals surface area (Å²) in [5.41, 5.74) is 2.18. The monoisotopic (exact) mass is 489 g/mol. The summed E-state index contributed by atoms with van der Waals surface area (Å²) in [7, 11) is -1.45. The average Bonchev–Trinajstić information content (AvgIpc) is 3.39. The summed E-state index contributed by atoms with van der Waals surface area (Å²) in [6.45, 7) is 1.76. The zero-order chi connectivity index (χ0) is 23.7. The predicted molar refractivity (Wildman–Crippen MR) is 124 cm³/mol. The number of anilines is 1. The minimum absolute atomic E-state index is 0.173. The third-order valence-corrected chi connectivity index (χ3v) is 7.72. The van der Waals surface area contributed by atoms with E-state index >= 15 is 0 Å². The Morgan fingerprint density at radius 3 is 2.94 bits per heavy atom. The Labute approximate surface area is 196 Å². The Hall–Kier alpha value is -2.67. The van der Waals surface area contributed by atoms with Crippen molar-refractivity contribution < 1.29 is 32.9 Å². The normalized spacial score (nSPS) is 26.6. The van der Waals surface area contributed by atoms with E-state index in [0.717, 1.165) is 5.56 Å². The van der Waals surface area contributed by atoms with Crippen LogP contribution in [-0.2, 0) is 34.4 Å². The second kappa shape index (κ2) is 9.53. The molecule has 0 amide bonds. The molecule has 0 spiro atoms. The molecule has 5 rings (SSSR count). The van der Waals surface area contributed by atoms with E-state index in [1.54, 1.807) is 18.5 Å². The van der Waals surface area contributed by atoms with Gasteiger partial charge in [0.25, 0.3) is 0 Å². The standard InChI is InChI=1S/C20H25BN5O7P/c1-12(27)29-11-31-34(21)30-8-14-17(33-34)16(28)20(32-14)26-10-25-15-18(23-9-24-19(15)26)22-7-13-5-3-2-4-6-13/h2-6,9-10,14,16-17,20,28,34H,7-8,11,21H2,1H3,(H,22,23,24)/t14-,16?,17-,20-/m1/s1. The van der Waals surface area contributed by atoms with Gasteiger partial charge in [0.05, 0.1) is 0 Å². The molecule has 1 aromatic carbocycles. The fourth-order valence-electron chi connectivity index (χ4n) is 3.99. The molecule has 4 atom stereocenters. The van der Waals surface area contributed by atoms with Gasteiger partial charge in [-0.15, -0.1) is 0 Å². The molecular weight excluding hydrogens is 464 g/mol. The molecule has 180 valence electrons. The van der Waals surface area contributed by atoms with Crippen molar-refractivity contribution in [1.29, 1.82) is 0 Å². The molecule has 2 saturated heterocycles. The van der Waals surface area contributed by atoms with E-state index in [1.165, 1.54) is 13.3 Å². The van der Waals surface area contributed by atoms with Gasteiger partial charge in [-0.25, -0.2) is 0 Å². The van der Waals surface area contributed by atoms with Crippen molar-refractivity contribution in [1.82, 2.24) is 19.5 Å². The average molecular weight is 489 g/mol. The Kier molecular flexibility index (Phi) is 6.47. The molecule has 2 aliphatic heterocycles. The first-order chi connectivity index (χ1) is 16.4. The summed E-state index contributed by atoms with van der Waals surface area (Å²) in [6, 6.07) is 9.94. The van der Waals surface area contributed by atoms with E-state index in [9.17, 15) is 9.90 Å². The van der Waals surface area contributed by atoms with Gasteiger partial charge in [0.2, 0.25) is 0 Å². The van der Waals surface area contributed by atoms with Gasteiger partial charge in [0.15, 0.2) is 0 Å². The number of fused-ring (bicyclic) bond motifs is 2. The number of esters is 1. The molecule has 2 aromatic heterocycles.